The van der Waals surface area contributed by atoms with Crippen LogP contribution in [-0.4, -0.2) is 43.5 Å². The molecule has 29 heavy (non-hydrogen) atoms. The second-order valence-corrected chi connectivity index (χ2v) is 8.02. The highest BCUT2D eigenvalue weighted by molar-refractivity contribution is 7.99. The van der Waals surface area contributed by atoms with Gasteiger partial charge >= 0.3 is 0 Å². The third-order valence-corrected chi connectivity index (χ3v) is 5.48. The minimum Gasteiger partial charge on any atom is -0.493 e. The zero-order chi connectivity index (χ0) is 20.6. The van der Waals surface area contributed by atoms with Crippen LogP contribution in [0.2, 0.25) is 0 Å². The first kappa shape index (κ1) is 21.1. The van der Waals surface area contributed by atoms with Crippen LogP contribution in [0.5, 0.6) is 5.75 Å². The average molecular weight is 430 g/mol. The highest BCUT2D eigenvalue weighted by Gasteiger charge is 2.17. The Bertz CT molecular complexity index is 952. The number of benzene rings is 1. The third kappa shape index (κ3) is 6.18. The number of amides is 1. The molecule has 0 bridgehead atoms. The molecule has 0 atom stereocenters. The van der Waals surface area contributed by atoms with Crippen molar-refractivity contribution in [3.63, 3.8) is 0 Å². The number of hydrogen-bond acceptors (Lipinski definition) is 7. The molecule has 3 rings (SSSR count). The van der Waals surface area contributed by atoms with Gasteiger partial charge in [0.2, 0.25) is 0 Å². The van der Waals surface area contributed by atoms with E-state index >= 15 is 0 Å². The Morgan fingerprint density at radius 3 is 2.72 bits per heavy atom. The predicted molar refractivity (Wildman–Crippen MR) is 117 cm³/mol. The summed E-state index contributed by atoms with van der Waals surface area (Å²) in [5.41, 5.74) is 0.322. The fourth-order valence-electron chi connectivity index (χ4n) is 2.52. The lowest BCUT2D eigenvalue weighted by Crippen LogP contribution is -2.45. The van der Waals surface area contributed by atoms with Gasteiger partial charge in [0.05, 0.1) is 6.61 Å². The van der Waals surface area contributed by atoms with Crippen LogP contribution in [0.15, 0.2) is 58.5 Å². The van der Waals surface area contributed by atoms with Gasteiger partial charge in [0, 0.05) is 35.8 Å². The Morgan fingerprint density at radius 2 is 2.07 bits per heavy atom. The Morgan fingerprint density at radius 1 is 1.31 bits per heavy atom. The molecule has 1 fully saturated rings. The highest BCUT2D eigenvalue weighted by atomic mass is 32.2. The summed E-state index contributed by atoms with van der Waals surface area (Å²) in [6.45, 7) is 2.74. The number of nitrogens with one attached hydrogen (secondary N) is 5. The molecule has 1 aromatic heterocycles. The molecule has 2 aromatic rings. The van der Waals surface area contributed by atoms with E-state index in [1.165, 1.54) is 17.8 Å². The maximum Gasteiger partial charge on any atom is 0.274 e. The largest absolute Gasteiger partial charge is 0.493 e. The van der Waals surface area contributed by atoms with E-state index in [1.807, 2.05) is 24.3 Å². The fraction of sp³-hybridized carbons (Fsp3) is 0.250. The number of aromatic amines is 1. The van der Waals surface area contributed by atoms with Crippen LogP contribution in [0, 0.1) is 16.0 Å². The molecule has 1 aliphatic rings. The van der Waals surface area contributed by atoms with Gasteiger partial charge in [-0.15, -0.1) is 0 Å². The number of aromatic nitrogens is 1. The van der Waals surface area contributed by atoms with Crippen molar-refractivity contribution in [1.82, 2.24) is 20.9 Å². The lowest BCUT2D eigenvalue weighted by molar-refractivity contribution is 0.0969. The molecule has 1 amide bonds. The van der Waals surface area contributed by atoms with E-state index in [9.17, 15) is 4.79 Å². The minimum absolute atomic E-state index is 0.0216. The van der Waals surface area contributed by atoms with Crippen molar-refractivity contribution in [2.24, 2.45) is 5.92 Å². The maximum atomic E-state index is 12.6. The van der Waals surface area contributed by atoms with E-state index in [2.05, 4.69) is 20.9 Å². The van der Waals surface area contributed by atoms with Crippen molar-refractivity contribution >= 4 is 35.7 Å². The highest BCUT2D eigenvalue weighted by Crippen LogP contribution is 2.31. The Kier molecular flexibility index (Phi) is 7.45. The van der Waals surface area contributed by atoms with E-state index in [1.54, 1.807) is 25.4 Å². The quantitative estimate of drug-likeness (QED) is 0.251. The van der Waals surface area contributed by atoms with Gasteiger partial charge in [-0.25, -0.2) is 0 Å². The van der Waals surface area contributed by atoms with Crippen molar-refractivity contribution < 1.29 is 9.53 Å². The lowest BCUT2D eigenvalue weighted by Gasteiger charge is -2.26. The molecule has 1 saturated heterocycles. The monoisotopic (exact) mass is 429 g/mol. The van der Waals surface area contributed by atoms with E-state index in [4.69, 9.17) is 22.4 Å². The molecule has 1 aromatic carbocycles. The summed E-state index contributed by atoms with van der Waals surface area (Å²) < 4.78 is 6.25. The molecule has 9 heteroatoms. The molecule has 0 saturated carbocycles. The lowest BCUT2D eigenvalue weighted by atomic mass is 10.1. The van der Waals surface area contributed by atoms with Crippen molar-refractivity contribution in [3.05, 3.63) is 59.0 Å². The van der Waals surface area contributed by atoms with E-state index < -0.39 is 5.91 Å². The zero-order valence-electron chi connectivity index (χ0n) is 16.0. The van der Waals surface area contributed by atoms with Crippen LogP contribution in [0.1, 0.15) is 10.5 Å². The van der Waals surface area contributed by atoms with Crippen molar-refractivity contribution in [2.75, 3.05) is 26.7 Å². The van der Waals surface area contributed by atoms with Crippen LogP contribution in [0.4, 0.5) is 0 Å². The standard InChI is InChI=1S/C20H23N5O2S2/c1-22-9-8-17(21)24-20(26)19-16(6-7-18(28)25-19)29-15-4-2-14(3-5-15)27-12-13-10-23-11-13/h2-9,13,22-23H,10-12H2,1H3,(H,25,28)(H2,21,24,26)/b9-8-. The van der Waals surface area contributed by atoms with Crippen molar-refractivity contribution in [1.29, 1.82) is 5.41 Å². The van der Waals surface area contributed by atoms with Gasteiger partial charge in [-0.2, -0.15) is 0 Å². The molecule has 152 valence electrons. The number of rotatable bonds is 8. The Hall–Kier alpha value is -2.62. The number of hydrogen-bond donors (Lipinski definition) is 5. The Labute approximate surface area is 178 Å². The second-order valence-electron chi connectivity index (χ2n) is 6.46. The predicted octanol–water partition coefficient (Wildman–Crippen LogP) is 2.93. The first-order chi connectivity index (χ1) is 14.0. The van der Waals surface area contributed by atoms with Crippen LogP contribution < -0.4 is 20.7 Å². The van der Waals surface area contributed by atoms with Gasteiger partial charge in [0.1, 0.15) is 21.9 Å². The second kappa shape index (κ2) is 10.2. The van der Waals surface area contributed by atoms with Crippen LogP contribution in [0.25, 0.3) is 0 Å². The summed E-state index contributed by atoms with van der Waals surface area (Å²) in [7, 11) is 1.72. The van der Waals surface area contributed by atoms with Crippen molar-refractivity contribution in [3.8, 4) is 5.75 Å². The van der Waals surface area contributed by atoms with E-state index in [0.717, 1.165) is 28.6 Å². The average Bonchev–Trinajstić information content (AvgIpc) is 2.67. The summed E-state index contributed by atoms with van der Waals surface area (Å²) in [5.74, 6) is 0.973. The number of H-pyrrole nitrogens is 1. The number of ether oxygens (including phenoxy) is 1. The number of carbonyl (C=O) groups excluding carboxylic acids is 1. The number of amidine groups is 1. The van der Waals surface area contributed by atoms with Gasteiger partial charge < -0.3 is 25.7 Å². The van der Waals surface area contributed by atoms with E-state index in [0.29, 0.717) is 22.9 Å². The molecule has 0 unspecified atom stereocenters. The molecular formula is C20H23N5O2S2. The van der Waals surface area contributed by atoms with Crippen LogP contribution >= 0.6 is 24.0 Å². The molecule has 1 aliphatic heterocycles. The topological polar surface area (TPSA) is 102 Å². The molecule has 0 radical (unpaired) electrons. The summed E-state index contributed by atoms with van der Waals surface area (Å²) in [4.78, 5) is 17.2. The van der Waals surface area contributed by atoms with Crippen molar-refractivity contribution in [2.45, 2.75) is 9.79 Å². The normalized spacial score (nSPS) is 13.7. The number of carbonyl (C=O) groups is 1. The summed E-state index contributed by atoms with van der Waals surface area (Å²) in [6.07, 6.45) is 3.03. The maximum absolute atomic E-state index is 12.6. The third-order valence-electron chi connectivity index (χ3n) is 4.18. The van der Waals surface area contributed by atoms with Crippen LogP contribution in [0.3, 0.4) is 0 Å². The van der Waals surface area contributed by atoms with E-state index in [-0.39, 0.29) is 5.84 Å². The first-order valence-electron chi connectivity index (χ1n) is 9.13. The molecule has 2 heterocycles. The minimum atomic E-state index is -0.418. The Balaban J connectivity index is 1.68. The number of pyridine rings is 1. The molecule has 0 spiro atoms. The van der Waals surface area contributed by atoms with Gasteiger partial charge in [-0.1, -0.05) is 24.0 Å². The van der Waals surface area contributed by atoms with Crippen LogP contribution in [-0.2, 0) is 0 Å². The summed E-state index contributed by atoms with van der Waals surface area (Å²) in [5, 5.41) is 16.3. The van der Waals surface area contributed by atoms with Gasteiger partial charge in [0.25, 0.3) is 5.91 Å². The first-order valence-corrected chi connectivity index (χ1v) is 10.4. The fourth-order valence-corrected chi connectivity index (χ4v) is 3.60. The smallest absolute Gasteiger partial charge is 0.274 e. The van der Waals surface area contributed by atoms with Gasteiger partial charge in [-0.3, -0.25) is 10.2 Å². The summed E-state index contributed by atoms with van der Waals surface area (Å²) in [6, 6.07) is 11.3. The zero-order valence-corrected chi connectivity index (χ0v) is 17.6. The molecule has 0 aliphatic carbocycles. The molecule has 7 nitrogen and oxygen atoms in total. The molecule has 5 N–H and O–H groups in total. The summed E-state index contributed by atoms with van der Waals surface area (Å²) >= 11 is 6.61. The van der Waals surface area contributed by atoms with Gasteiger partial charge in [-0.05, 0) is 48.7 Å². The van der Waals surface area contributed by atoms with Gasteiger partial charge in [0.15, 0.2) is 0 Å². The SMILES string of the molecule is CN/C=C\C(=N)NC(=O)c1[nH]c(=S)ccc1Sc1ccc(OCC2CNC2)cc1. The molecular weight excluding hydrogens is 406 g/mol.